The number of aromatic amines is 1. The molecule has 4 aromatic rings. The second kappa shape index (κ2) is 8.76. The number of carbonyl (C=O) groups is 1. The molecule has 0 unspecified atom stereocenters. The second-order valence-corrected chi connectivity index (χ2v) is 8.84. The Morgan fingerprint density at radius 3 is 2.94 bits per heavy atom. The van der Waals surface area contributed by atoms with Crippen molar-refractivity contribution in [2.24, 2.45) is 0 Å². The topological polar surface area (TPSA) is 99.1 Å². The van der Waals surface area contributed by atoms with E-state index in [-0.39, 0.29) is 12.0 Å². The first-order chi connectivity index (χ1) is 15.6. The largest absolute Gasteiger partial charge is 0.391 e. The van der Waals surface area contributed by atoms with Crippen LogP contribution < -0.4 is 10.2 Å². The number of halogens is 1. The molecule has 0 saturated carbocycles. The van der Waals surface area contributed by atoms with Crippen LogP contribution >= 0.6 is 15.9 Å². The lowest BCUT2D eigenvalue weighted by atomic mass is 10.1. The Labute approximate surface area is 193 Å². The summed E-state index contributed by atoms with van der Waals surface area (Å²) in [6.07, 6.45) is 8.15. The van der Waals surface area contributed by atoms with Crippen molar-refractivity contribution in [2.45, 2.75) is 25.5 Å². The highest BCUT2D eigenvalue weighted by molar-refractivity contribution is 9.10. The molecule has 9 heteroatoms. The molecule has 0 radical (unpaired) electrons. The third-order valence-corrected chi connectivity index (χ3v) is 6.25. The van der Waals surface area contributed by atoms with Gasteiger partial charge in [-0.3, -0.25) is 9.48 Å². The Hall–Kier alpha value is -3.17. The average Bonchev–Trinajstić information content (AvgIpc) is 3.42. The Balaban J connectivity index is 1.41. The molecule has 0 bridgehead atoms. The van der Waals surface area contributed by atoms with Crippen LogP contribution in [0.15, 0.2) is 59.6 Å². The fourth-order valence-corrected chi connectivity index (χ4v) is 4.70. The summed E-state index contributed by atoms with van der Waals surface area (Å²) >= 11 is 3.61. The minimum Gasteiger partial charge on any atom is -0.391 e. The lowest BCUT2D eigenvalue weighted by Crippen LogP contribution is -2.38. The number of piperidine rings is 1. The van der Waals surface area contributed by atoms with Crippen molar-refractivity contribution in [3.8, 4) is 0 Å². The van der Waals surface area contributed by atoms with Gasteiger partial charge in [-0.25, -0.2) is 4.98 Å². The van der Waals surface area contributed by atoms with Gasteiger partial charge in [-0.2, -0.15) is 5.10 Å². The molecule has 4 heterocycles. The number of hydrogen-bond acceptors (Lipinski definition) is 5. The van der Waals surface area contributed by atoms with E-state index < -0.39 is 0 Å². The quantitative estimate of drug-likeness (QED) is 0.392. The fraction of sp³-hybridized carbons (Fsp3) is 0.261. The van der Waals surface area contributed by atoms with Crippen LogP contribution in [0.1, 0.15) is 28.8 Å². The third-order valence-electron chi connectivity index (χ3n) is 5.67. The molecule has 3 N–H and O–H groups in total. The number of rotatable bonds is 5. The van der Waals surface area contributed by atoms with Crippen molar-refractivity contribution in [3.63, 3.8) is 0 Å². The number of aliphatic hydroxyl groups is 1. The van der Waals surface area contributed by atoms with Gasteiger partial charge < -0.3 is 20.3 Å². The van der Waals surface area contributed by atoms with E-state index in [1.165, 1.54) is 0 Å². The second-order valence-electron chi connectivity index (χ2n) is 7.99. The van der Waals surface area contributed by atoms with E-state index in [0.29, 0.717) is 30.0 Å². The molecule has 3 aromatic heterocycles. The van der Waals surface area contributed by atoms with E-state index in [1.807, 2.05) is 30.3 Å². The number of aromatic nitrogens is 4. The molecular formula is C23H23BrN6O2. The Bertz CT molecular complexity index is 1250. The van der Waals surface area contributed by atoms with E-state index in [4.69, 9.17) is 0 Å². The summed E-state index contributed by atoms with van der Waals surface area (Å²) in [5.41, 5.74) is 3.84. The fourth-order valence-electron chi connectivity index (χ4n) is 4.15. The first-order valence-electron chi connectivity index (χ1n) is 10.5. The van der Waals surface area contributed by atoms with Crippen molar-refractivity contribution in [2.75, 3.05) is 23.3 Å². The van der Waals surface area contributed by atoms with Crippen LogP contribution in [0, 0.1) is 0 Å². The van der Waals surface area contributed by atoms with E-state index in [1.54, 1.807) is 29.5 Å². The van der Waals surface area contributed by atoms with Gasteiger partial charge in [0.15, 0.2) is 0 Å². The maximum absolute atomic E-state index is 13.0. The maximum Gasteiger partial charge on any atom is 0.258 e. The zero-order valence-corrected chi connectivity index (χ0v) is 18.9. The van der Waals surface area contributed by atoms with Gasteiger partial charge in [0.2, 0.25) is 0 Å². The summed E-state index contributed by atoms with van der Waals surface area (Å²) in [6, 6.07) is 9.98. The van der Waals surface area contributed by atoms with Gasteiger partial charge in [0.05, 0.1) is 45.6 Å². The van der Waals surface area contributed by atoms with Crippen LogP contribution in [0.25, 0.3) is 11.0 Å². The van der Waals surface area contributed by atoms with Crippen molar-refractivity contribution < 1.29 is 9.90 Å². The van der Waals surface area contributed by atoms with Crippen molar-refractivity contribution >= 4 is 44.2 Å². The molecule has 1 saturated heterocycles. The van der Waals surface area contributed by atoms with Crippen molar-refractivity contribution in [1.82, 2.24) is 19.7 Å². The number of nitrogens with zero attached hydrogens (tertiary/aromatic N) is 4. The minimum atomic E-state index is -0.369. The number of benzene rings is 1. The van der Waals surface area contributed by atoms with E-state index >= 15 is 0 Å². The predicted molar refractivity (Wildman–Crippen MR) is 127 cm³/mol. The minimum absolute atomic E-state index is 0.241. The van der Waals surface area contributed by atoms with Gasteiger partial charge in [-0.1, -0.05) is 30.3 Å². The summed E-state index contributed by atoms with van der Waals surface area (Å²) in [7, 11) is 0. The third kappa shape index (κ3) is 4.13. The highest BCUT2D eigenvalue weighted by atomic mass is 79.9. The summed E-state index contributed by atoms with van der Waals surface area (Å²) in [4.78, 5) is 22.7. The molecular weight excluding hydrogens is 472 g/mol. The van der Waals surface area contributed by atoms with Gasteiger partial charge in [0.1, 0.15) is 5.65 Å². The number of carbonyl (C=O) groups excluding carboxylic acids is 1. The van der Waals surface area contributed by atoms with Crippen molar-refractivity contribution in [1.29, 1.82) is 0 Å². The number of pyridine rings is 1. The van der Waals surface area contributed by atoms with Crippen LogP contribution in [0.4, 0.5) is 11.4 Å². The Morgan fingerprint density at radius 1 is 1.28 bits per heavy atom. The van der Waals surface area contributed by atoms with E-state index in [0.717, 1.165) is 40.5 Å². The van der Waals surface area contributed by atoms with Gasteiger partial charge in [-0.15, -0.1) is 0 Å². The summed E-state index contributed by atoms with van der Waals surface area (Å²) in [5, 5.41) is 18.3. The summed E-state index contributed by atoms with van der Waals surface area (Å²) < 4.78 is 2.57. The van der Waals surface area contributed by atoms with Gasteiger partial charge in [0, 0.05) is 31.7 Å². The predicted octanol–water partition coefficient (Wildman–Crippen LogP) is 3.78. The van der Waals surface area contributed by atoms with Crippen LogP contribution in [0.2, 0.25) is 0 Å². The zero-order chi connectivity index (χ0) is 22.1. The van der Waals surface area contributed by atoms with Gasteiger partial charge in [0.25, 0.3) is 5.91 Å². The summed E-state index contributed by atoms with van der Waals surface area (Å²) in [5.74, 6) is -0.241. The highest BCUT2D eigenvalue weighted by Crippen LogP contribution is 2.39. The molecule has 1 aliphatic rings. The number of anilines is 2. The number of H-pyrrole nitrogens is 1. The molecule has 1 aliphatic heterocycles. The summed E-state index contributed by atoms with van der Waals surface area (Å²) in [6.45, 7) is 1.97. The lowest BCUT2D eigenvalue weighted by molar-refractivity contribution is 0.102. The van der Waals surface area contributed by atoms with Gasteiger partial charge >= 0.3 is 0 Å². The number of nitrogens with one attached hydrogen (secondary N) is 2. The number of aliphatic hydroxyl groups excluding tert-OH is 1. The first kappa shape index (κ1) is 20.7. The SMILES string of the molecule is O=C(Nc1c[nH]c2ncc(Br)c(N3CCC[C@@H](O)C3)c12)c1cnn(Cc2ccccc2)c1. The molecule has 1 atom stereocenters. The molecule has 32 heavy (non-hydrogen) atoms. The van der Waals surface area contributed by atoms with Crippen LogP contribution in [-0.4, -0.2) is 50.0 Å². The van der Waals surface area contributed by atoms with Crippen LogP contribution in [0.3, 0.4) is 0 Å². The Morgan fingerprint density at radius 2 is 2.12 bits per heavy atom. The molecule has 1 fully saturated rings. The highest BCUT2D eigenvalue weighted by Gasteiger charge is 2.24. The number of β-amino-alcohol motifs (C(OH)–C–C–N with tert-alkyl or cyclic N) is 1. The standard InChI is InChI=1S/C23H23BrN6O2/c24-18-10-25-22-20(21(18)29-8-4-7-17(31)14-29)19(11-26-22)28-23(32)16-9-27-30(13-16)12-15-5-2-1-3-6-15/h1-3,5-6,9-11,13,17,31H,4,7-8,12,14H2,(H,25,26)(H,28,32)/t17-/m1/s1. The Kier molecular flexibility index (Phi) is 5.67. The van der Waals surface area contributed by atoms with Crippen molar-refractivity contribution in [3.05, 3.63) is 70.7 Å². The molecule has 1 amide bonds. The first-order valence-corrected chi connectivity index (χ1v) is 11.3. The molecule has 5 rings (SSSR count). The zero-order valence-electron chi connectivity index (χ0n) is 17.3. The monoisotopic (exact) mass is 494 g/mol. The molecule has 0 aliphatic carbocycles. The van der Waals surface area contributed by atoms with Gasteiger partial charge in [-0.05, 0) is 34.3 Å². The number of amides is 1. The maximum atomic E-state index is 13.0. The van der Waals surface area contributed by atoms with Crippen LogP contribution in [0.5, 0.6) is 0 Å². The smallest absolute Gasteiger partial charge is 0.258 e. The average molecular weight is 495 g/mol. The molecule has 8 nitrogen and oxygen atoms in total. The van der Waals surface area contributed by atoms with E-state index in [2.05, 4.69) is 41.2 Å². The van der Waals surface area contributed by atoms with Crippen LogP contribution in [-0.2, 0) is 6.54 Å². The molecule has 164 valence electrons. The number of fused-ring (bicyclic) bond motifs is 1. The number of hydrogen-bond donors (Lipinski definition) is 3. The lowest BCUT2D eigenvalue weighted by Gasteiger charge is -2.33. The molecule has 1 aromatic carbocycles. The normalized spacial score (nSPS) is 16.4. The van der Waals surface area contributed by atoms with E-state index in [9.17, 15) is 9.90 Å². The molecule has 0 spiro atoms.